The van der Waals surface area contributed by atoms with Gasteiger partial charge in [-0.05, 0) is 18.2 Å². The Morgan fingerprint density at radius 2 is 2.03 bits per heavy atom. The van der Waals surface area contributed by atoms with E-state index in [-0.39, 0.29) is 35.2 Å². The summed E-state index contributed by atoms with van der Waals surface area (Å²) < 4.78 is 21.1. The molecule has 0 bridgehead atoms. The summed E-state index contributed by atoms with van der Waals surface area (Å²) in [7, 11) is 1.79. The molecule has 1 N–H and O–H groups in total. The van der Waals surface area contributed by atoms with Gasteiger partial charge in [0.05, 0.1) is 10.9 Å². The summed E-state index contributed by atoms with van der Waals surface area (Å²) in [5.74, 6) is 0.246. The molecule has 34 heavy (non-hydrogen) atoms. The molecular formula is C24H22FN5O3S. The van der Waals surface area contributed by atoms with Crippen molar-refractivity contribution in [2.24, 2.45) is 7.05 Å². The number of thioether (sulfide) groups is 1. The van der Waals surface area contributed by atoms with Gasteiger partial charge >= 0.3 is 0 Å². The molecule has 0 spiro atoms. The predicted octanol–water partition coefficient (Wildman–Crippen LogP) is 3.62. The standard InChI is InChI=1S/C24H22FN5O3S/c1-14-27-21(22(33-14)15-6-5-7-16(25)12-15)24(32)30-10-11-34-19(30)13-26-23(31)20-17-8-3-4-9-18(17)29(2)28-20/h3-9,12,19H,10-11,13H2,1-2H3,(H,26,31). The molecule has 2 aromatic heterocycles. The Labute approximate surface area is 199 Å². The van der Waals surface area contributed by atoms with E-state index in [4.69, 9.17) is 4.42 Å². The maximum absolute atomic E-state index is 13.8. The van der Waals surface area contributed by atoms with Crippen molar-refractivity contribution in [2.75, 3.05) is 18.8 Å². The zero-order valence-corrected chi connectivity index (χ0v) is 19.4. The summed E-state index contributed by atoms with van der Waals surface area (Å²) in [5.41, 5.74) is 1.80. The second-order valence-corrected chi connectivity index (χ2v) is 9.23. The number of hydrogen-bond donors (Lipinski definition) is 1. The monoisotopic (exact) mass is 479 g/mol. The fourth-order valence-electron chi connectivity index (χ4n) is 4.10. The zero-order valence-electron chi connectivity index (χ0n) is 18.6. The average molecular weight is 480 g/mol. The van der Waals surface area contributed by atoms with Crippen molar-refractivity contribution in [1.82, 2.24) is 25.0 Å². The Kier molecular flexibility index (Phi) is 5.82. The van der Waals surface area contributed by atoms with Crippen molar-refractivity contribution in [3.63, 3.8) is 0 Å². The third kappa shape index (κ3) is 4.05. The minimum Gasteiger partial charge on any atom is -0.440 e. The van der Waals surface area contributed by atoms with Crippen LogP contribution in [0.1, 0.15) is 26.9 Å². The quantitative estimate of drug-likeness (QED) is 0.470. The third-order valence-corrected chi connectivity index (χ3v) is 6.91. The highest BCUT2D eigenvalue weighted by molar-refractivity contribution is 8.00. The van der Waals surface area contributed by atoms with Crippen LogP contribution in [-0.4, -0.2) is 55.7 Å². The Balaban J connectivity index is 1.34. The predicted molar refractivity (Wildman–Crippen MR) is 127 cm³/mol. The Hall–Kier alpha value is -3.66. The number of fused-ring (bicyclic) bond motifs is 1. The Bertz CT molecular complexity index is 1400. The van der Waals surface area contributed by atoms with Crippen LogP contribution < -0.4 is 5.32 Å². The van der Waals surface area contributed by atoms with Crippen molar-refractivity contribution < 1.29 is 18.4 Å². The van der Waals surface area contributed by atoms with E-state index in [0.717, 1.165) is 16.7 Å². The lowest BCUT2D eigenvalue weighted by molar-refractivity contribution is 0.0746. The number of nitrogens with zero attached hydrogens (tertiary/aromatic N) is 4. The SMILES string of the molecule is Cc1nc(C(=O)N2CCSC2CNC(=O)c2nn(C)c3ccccc23)c(-c2cccc(F)c2)o1. The topological polar surface area (TPSA) is 93.3 Å². The maximum atomic E-state index is 13.8. The molecule has 1 fully saturated rings. The summed E-state index contributed by atoms with van der Waals surface area (Å²) >= 11 is 1.58. The van der Waals surface area contributed by atoms with Crippen LogP contribution in [-0.2, 0) is 7.05 Å². The van der Waals surface area contributed by atoms with Crippen molar-refractivity contribution in [3.05, 3.63) is 71.6 Å². The highest BCUT2D eigenvalue weighted by atomic mass is 32.2. The van der Waals surface area contributed by atoms with E-state index >= 15 is 0 Å². The second-order valence-electron chi connectivity index (χ2n) is 7.94. The van der Waals surface area contributed by atoms with Gasteiger partial charge < -0.3 is 14.6 Å². The van der Waals surface area contributed by atoms with Crippen LogP contribution in [0.25, 0.3) is 22.2 Å². The molecule has 3 heterocycles. The van der Waals surface area contributed by atoms with Gasteiger partial charge in [0.1, 0.15) is 5.82 Å². The number of carbonyl (C=O) groups excluding carboxylic acids is 2. The molecule has 2 aromatic carbocycles. The molecule has 0 aliphatic carbocycles. The fraction of sp³-hybridized carbons (Fsp3) is 0.250. The molecule has 0 saturated carbocycles. The van der Waals surface area contributed by atoms with Crippen LogP contribution in [0.2, 0.25) is 0 Å². The minimum absolute atomic E-state index is 0.137. The summed E-state index contributed by atoms with van der Waals surface area (Å²) in [6.07, 6.45) is 0. The van der Waals surface area contributed by atoms with Gasteiger partial charge in [-0.25, -0.2) is 9.37 Å². The summed E-state index contributed by atoms with van der Waals surface area (Å²) in [6.45, 7) is 2.41. The summed E-state index contributed by atoms with van der Waals surface area (Å²) in [4.78, 5) is 32.3. The number of benzene rings is 2. The molecular weight excluding hydrogens is 457 g/mol. The first kappa shape index (κ1) is 22.1. The average Bonchev–Trinajstić information content (AvgIpc) is 3.54. The van der Waals surface area contributed by atoms with Gasteiger partial charge in [0.15, 0.2) is 23.0 Å². The Morgan fingerprint density at radius 3 is 2.85 bits per heavy atom. The molecule has 10 heteroatoms. The fourth-order valence-corrected chi connectivity index (χ4v) is 5.26. The van der Waals surface area contributed by atoms with Gasteiger partial charge in [0.2, 0.25) is 0 Å². The van der Waals surface area contributed by atoms with Crippen molar-refractivity contribution in [2.45, 2.75) is 12.3 Å². The molecule has 2 amide bonds. The lowest BCUT2D eigenvalue weighted by atomic mass is 10.1. The van der Waals surface area contributed by atoms with Gasteiger partial charge in [-0.3, -0.25) is 14.3 Å². The lowest BCUT2D eigenvalue weighted by Crippen LogP contribution is -2.42. The number of nitrogens with one attached hydrogen (secondary N) is 1. The number of halogens is 1. The van der Waals surface area contributed by atoms with Gasteiger partial charge in [-0.1, -0.05) is 30.3 Å². The van der Waals surface area contributed by atoms with Crippen LogP contribution in [0.3, 0.4) is 0 Å². The van der Waals surface area contributed by atoms with Gasteiger partial charge in [-0.2, -0.15) is 5.10 Å². The normalized spacial score (nSPS) is 15.7. The van der Waals surface area contributed by atoms with Crippen LogP contribution in [0, 0.1) is 12.7 Å². The van der Waals surface area contributed by atoms with Crippen molar-refractivity contribution >= 4 is 34.5 Å². The first-order valence-corrected chi connectivity index (χ1v) is 11.8. The van der Waals surface area contributed by atoms with E-state index < -0.39 is 5.82 Å². The van der Waals surface area contributed by atoms with Crippen molar-refractivity contribution in [1.29, 1.82) is 0 Å². The van der Waals surface area contributed by atoms with E-state index in [1.807, 2.05) is 24.3 Å². The van der Waals surface area contributed by atoms with Gasteiger partial charge in [-0.15, -0.1) is 11.8 Å². The summed E-state index contributed by atoms with van der Waals surface area (Å²) in [5, 5.41) is 7.77. The smallest absolute Gasteiger partial charge is 0.277 e. The number of hydrogen-bond acceptors (Lipinski definition) is 6. The number of oxazole rings is 1. The lowest BCUT2D eigenvalue weighted by Gasteiger charge is -2.23. The molecule has 174 valence electrons. The van der Waals surface area contributed by atoms with Crippen LogP contribution in [0.5, 0.6) is 0 Å². The molecule has 1 atom stereocenters. The molecule has 1 saturated heterocycles. The van der Waals surface area contributed by atoms with Crippen LogP contribution in [0.15, 0.2) is 52.9 Å². The summed E-state index contributed by atoms with van der Waals surface area (Å²) in [6, 6.07) is 13.4. The van der Waals surface area contributed by atoms with E-state index in [1.165, 1.54) is 12.1 Å². The minimum atomic E-state index is -0.427. The number of amides is 2. The molecule has 1 aliphatic rings. The molecule has 8 nitrogen and oxygen atoms in total. The first-order valence-electron chi connectivity index (χ1n) is 10.8. The Morgan fingerprint density at radius 1 is 1.21 bits per heavy atom. The van der Waals surface area contributed by atoms with Crippen molar-refractivity contribution in [3.8, 4) is 11.3 Å². The highest BCUT2D eigenvalue weighted by Crippen LogP contribution is 2.30. The molecule has 0 radical (unpaired) electrons. The highest BCUT2D eigenvalue weighted by Gasteiger charge is 2.34. The number of aromatic nitrogens is 3. The molecule has 1 aliphatic heterocycles. The van der Waals surface area contributed by atoms with Crippen LogP contribution >= 0.6 is 11.8 Å². The number of carbonyl (C=O) groups is 2. The van der Waals surface area contributed by atoms with Gasteiger partial charge in [0, 0.05) is 43.8 Å². The van der Waals surface area contributed by atoms with E-state index in [2.05, 4.69) is 15.4 Å². The zero-order chi connectivity index (χ0) is 23.8. The van der Waals surface area contributed by atoms with E-state index in [1.54, 1.807) is 47.4 Å². The number of aryl methyl sites for hydroxylation is 2. The number of para-hydroxylation sites is 1. The van der Waals surface area contributed by atoms with E-state index in [9.17, 15) is 14.0 Å². The third-order valence-electron chi connectivity index (χ3n) is 5.68. The van der Waals surface area contributed by atoms with Crippen LogP contribution in [0.4, 0.5) is 4.39 Å². The van der Waals surface area contributed by atoms with E-state index in [0.29, 0.717) is 23.7 Å². The first-order chi connectivity index (χ1) is 16.4. The second kappa shape index (κ2) is 8.94. The van der Waals surface area contributed by atoms with Gasteiger partial charge in [0.25, 0.3) is 11.8 Å². The molecule has 1 unspecified atom stereocenters. The molecule has 4 aromatic rings. The molecule has 5 rings (SSSR count). The largest absolute Gasteiger partial charge is 0.440 e. The number of rotatable bonds is 5. The maximum Gasteiger partial charge on any atom is 0.277 e.